The highest BCUT2D eigenvalue weighted by atomic mass is 35.5. The summed E-state index contributed by atoms with van der Waals surface area (Å²) in [5, 5.41) is 19.0. The van der Waals surface area contributed by atoms with E-state index in [0.29, 0.717) is 0 Å². The average molecular weight is 341 g/mol. The SMILES string of the molecule is COc1cc(C(=O)c2cnn(C(C)Cl)n2)c([N+](=O)[O-])cc1OC. The third kappa shape index (κ3) is 3.24. The minimum atomic E-state index is -0.677. The van der Waals surface area contributed by atoms with Gasteiger partial charge in [-0.1, -0.05) is 11.6 Å². The second kappa shape index (κ2) is 6.61. The summed E-state index contributed by atoms with van der Waals surface area (Å²) in [6.07, 6.45) is 1.20. The molecule has 9 nitrogen and oxygen atoms in total. The summed E-state index contributed by atoms with van der Waals surface area (Å²) in [6.45, 7) is 1.62. The third-order valence-electron chi connectivity index (χ3n) is 3.00. The molecule has 1 aromatic heterocycles. The van der Waals surface area contributed by atoms with Crippen LogP contribution in [0, 0.1) is 10.1 Å². The molecule has 0 aliphatic heterocycles. The van der Waals surface area contributed by atoms with Crippen LogP contribution >= 0.6 is 11.6 Å². The predicted octanol–water partition coefficient (Wildman–Crippen LogP) is 2.19. The molecule has 0 aliphatic carbocycles. The van der Waals surface area contributed by atoms with Crippen molar-refractivity contribution < 1.29 is 19.2 Å². The standard InChI is InChI=1S/C13H13ClN4O5/c1-7(14)17-15-6-9(16-17)13(19)8-4-11(22-2)12(23-3)5-10(8)18(20)21/h4-7H,1-3H3. The van der Waals surface area contributed by atoms with E-state index in [0.717, 1.165) is 10.9 Å². The molecule has 0 bridgehead atoms. The number of rotatable bonds is 6. The van der Waals surface area contributed by atoms with Gasteiger partial charge in [-0.05, 0) is 6.92 Å². The maximum Gasteiger partial charge on any atom is 0.284 e. The molecule has 2 aromatic rings. The van der Waals surface area contributed by atoms with Crippen molar-refractivity contribution in [2.24, 2.45) is 0 Å². The van der Waals surface area contributed by atoms with Gasteiger partial charge in [-0.3, -0.25) is 14.9 Å². The summed E-state index contributed by atoms with van der Waals surface area (Å²) in [5.74, 6) is -0.324. The largest absolute Gasteiger partial charge is 0.493 e. The van der Waals surface area contributed by atoms with Crippen LogP contribution in [0.5, 0.6) is 11.5 Å². The normalized spacial score (nSPS) is 11.8. The first-order chi connectivity index (χ1) is 10.9. The van der Waals surface area contributed by atoms with Gasteiger partial charge in [0.2, 0.25) is 5.78 Å². The Labute approximate surface area is 135 Å². The number of halogens is 1. The molecule has 1 atom stereocenters. The number of nitro groups is 1. The van der Waals surface area contributed by atoms with E-state index in [4.69, 9.17) is 21.1 Å². The summed E-state index contributed by atoms with van der Waals surface area (Å²) >= 11 is 5.82. The first kappa shape index (κ1) is 16.7. The molecule has 2 rings (SSSR count). The van der Waals surface area contributed by atoms with Gasteiger partial charge in [-0.2, -0.15) is 9.90 Å². The van der Waals surface area contributed by atoms with Gasteiger partial charge in [0.15, 0.2) is 17.2 Å². The highest BCUT2D eigenvalue weighted by Crippen LogP contribution is 2.35. The maximum absolute atomic E-state index is 12.5. The lowest BCUT2D eigenvalue weighted by Gasteiger charge is -2.09. The number of methoxy groups -OCH3 is 2. The molecule has 0 fully saturated rings. The molecule has 1 heterocycles. The van der Waals surface area contributed by atoms with E-state index in [1.54, 1.807) is 6.92 Å². The van der Waals surface area contributed by atoms with E-state index in [1.807, 2.05) is 0 Å². The fraction of sp³-hybridized carbons (Fsp3) is 0.308. The Bertz CT molecular complexity index is 759. The molecular weight excluding hydrogens is 328 g/mol. The van der Waals surface area contributed by atoms with Gasteiger partial charge >= 0.3 is 0 Å². The van der Waals surface area contributed by atoms with E-state index in [1.165, 1.54) is 26.5 Å². The smallest absolute Gasteiger partial charge is 0.284 e. The number of hydrogen-bond acceptors (Lipinski definition) is 7. The minimum Gasteiger partial charge on any atom is -0.493 e. The second-order valence-corrected chi connectivity index (χ2v) is 5.07. The van der Waals surface area contributed by atoms with E-state index < -0.39 is 21.9 Å². The number of nitrogens with zero attached hydrogens (tertiary/aromatic N) is 4. The highest BCUT2D eigenvalue weighted by Gasteiger charge is 2.27. The van der Waals surface area contributed by atoms with Crippen LogP contribution in [0.25, 0.3) is 0 Å². The fourth-order valence-corrected chi connectivity index (χ4v) is 1.98. The predicted molar refractivity (Wildman–Crippen MR) is 80.2 cm³/mol. The van der Waals surface area contributed by atoms with Crippen molar-refractivity contribution in [3.05, 3.63) is 39.7 Å². The van der Waals surface area contributed by atoms with Gasteiger partial charge in [-0.15, -0.1) is 5.10 Å². The summed E-state index contributed by atoms with van der Waals surface area (Å²) in [4.78, 5) is 24.2. The average Bonchev–Trinajstić information content (AvgIpc) is 3.02. The molecule has 10 heteroatoms. The van der Waals surface area contributed by atoms with Gasteiger partial charge < -0.3 is 9.47 Å². The Hall–Kier alpha value is -2.68. The first-order valence-corrected chi connectivity index (χ1v) is 6.83. The van der Waals surface area contributed by atoms with Crippen LogP contribution in [0.1, 0.15) is 28.5 Å². The molecule has 122 valence electrons. The van der Waals surface area contributed by atoms with Crippen LogP contribution in [0.3, 0.4) is 0 Å². The van der Waals surface area contributed by atoms with E-state index in [9.17, 15) is 14.9 Å². The van der Waals surface area contributed by atoms with E-state index in [2.05, 4.69) is 10.2 Å². The number of ketones is 1. The van der Waals surface area contributed by atoms with Crippen LogP contribution in [0.4, 0.5) is 5.69 Å². The Balaban J connectivity index is 2.55. The quantitative estimate of drug-likeness (QED) is 0.343. The summed E-state index contributed by atoms with van der Waals surface area (Å²) in [7, 11) is 2.71. The molecule has 0 spiro atoms. The Morgan fingerprint density at radius 1 is 1.35 bits per heavy atom. The van der Waals surface area contributed by atoms with Crippen LogP contribution < -0.4 is 9.47 Å². The van der Waals surface area contributed by atoms with Gasteiger partial charge in [-0.25, -0.2) is 0 Å². The number of hydrogen-bond donors (Lipinski definition) is 0. The second-order valence-electron chi connectivity index (χ2n) is 4.43. The van der Waals surface area contributed by atoms with Gasteiger partial charge in [0, 0.05) is 6.07 Å². The lowest BCUT2D eigenvalue weighted by atomic mass is 10.1. The lowest BCUT2D eigenvalue weighted by Crippen LogP contribution is -2.09. The molecule has 0 aliphatic rings. The van der Waals surface area contributed by atoms with E-state index in [-0.39, 0.29) is 22.8 Å². The zero-order chi connectivity index (χ0) is 17.1. The van der Waals surface area contributed by atoms with E-state index >= 15 is 0 Å². The molecule has 23 heavy (non-hydrogen) atoms. The number of nitro benzene ring substituents is 1. The van der Waals surface area contributed by atoms with Gasteiger partial charge in [0.05, 0.1) is 31.4 Å². The number of benzene rings is 1. The monoisotopic (exact) mass is 340 g/mol. The Kier molecular flexibility index (Phi) is 4.80. The summed E-state index contributed by atoms with van der Waals surface area (Å²) < 4.78 is 10.1. The number of aromatic nitrogens is 3. The van der Waals surface area contributed by atoms with Crippen molar-refractivity contribution in [3.8, 4) is 11.5 Å². The minimum absolute atomic E-state index is 0.0622. The van der Waals surface area contributed by atoms with Crippen LogP contribution in [0.2, 0.25) is 0 Å². The number of carbonyl (C=O) groups excluding carboxylic acids is 1. The van der Waals surface area contributed by atoms with Crippen LogP contribution in [-0.2, 0) is 0 Å². The topological polar surface area (TPSA) is 109 Å². The van der Waals surface area contributed by atoms with Crippen molar-refractivity contribution in [2.45, 2.75) is 12.4 Å². The molecule has 0 amide bonds. The van der Waals surface area contributed by atoms with Gasteiger partial charge in [0.25, 0.3) is 5.69 Å². The van der Waals surface area contributed by atoms with Crippen molar-refractivity contribution >= 4 is 23.1 Å². The molecule has 0 saturated carbocycles. The molecule has 1 aromatic carbocycles. The van der Waals surface area contributed by atoms with Crippen molar-refractivity contribution in [1.82, 2.24) is 15.0 Å². The molecule has 1 unspecified atom stereocenters. The van der Waals surface area contributed by atoms with Crippen LogP contribution in [0.15, 0.2) is 18.3 Å². The lowest BCUT2D eigenvalue weighted by molar-refractivity contribution is -0.385. The molecule has 0 saturated heterocycles. The van der Waals surface area contributed by atoms with Crippen LogP contribution in [-0.4, -0.2) is 39.9 Å². The van der Waals surface area contributed by atoms with Crippen molar-refractivity contribution in [3.63, 3.8) is 0 Å². The zero-order valence-corrected chi connectivity index (χ0v) is 13.3. The Morgan fingerprint density at radius 2 is 1.96 bits per heavy atom. The maximum atomic E-state index is 12.5. The number of alkyl halides is 1. The van der Waals surface area contributed by atoms with Crippen molar-refractivity contribution in [1.29, 1.82) is 0 Å². The third-order valence-corrected chi connectivity index (χ3v) is 3.18. The van der Waals surface area contributed by atoms with Gasteiger partial charge in [0.1, 0.15) is 11.1 Å². The fourth-order valence-electron chi connectivity index (χ4n) is 1.89. The molecular formula is C13H13ClN4O5. The Morgan fingerprint density at radius 3 is 2.43 bits per heavy atom. The molecule has 0 N–H and O–H groups in total. The number of ether oxygens (including phenoxy) is 2. The first-order valence-electron chi connectivity index (χ1n) is 6.40. The molecule has 0 radical (unpaired) electrons. The number of carbonyl (C=O) groups is 1. The van der Waals surface area contributed by atoms with Crippen molar-refractivity contribution in [2.75, 3.05) is 14.2 Å². The summed E-state index contributed by atoms with van der Waals surface area (Å²) in [6, 6.07) is 2.36. The zero-order valence-electron chi connectivity index (χ0n) is 12.5. The highest BCUT2D eigenvalue weighted by molar-refractivity contribution is 6.18. The summed E-state index contributed by atoms with van der Waals surface area (Å²) in [5.41, 5.74) is -1.21.